The first-order chi connectivity index (χ1) is 11.6. The maximum atomic E-state index is 12.8. The summed E-state index contributed by atoms with van der Waals surface area (Å²) in [7, 11) is -1.67. The molecule has 0 aliphatic carbocycles. The number of hydrazone groups is 1. The minimum absolute atomic E-state index is 0.152. The average molecular weight is 360 g/mol. The molecule has 0 saturated heterocycles. The summed E-state index contributed by atoms with van der Waals surface area (Å²) in [6, 6.07) is 2.02. The lowest BCUT2D eigenvalue weighted by Crippen LogP contribution is -2.22. The van der Waals surface area contributed by atoms with Gasteiger partial charge in [-0.2, -0.15) is 5.10 Å². The van der Waals surface area contributed by atoms with E-state index < -0.39 is 9.84 Å². The molecule has 1 atom stereocenters. The number of rotatable bonds is 1. The Morgan fingerprint density at radius 3 is 2.48 bits per heavy atom. The van der Waals surface area contributed by atoms with Gasteiger partial charge in [-0.15, -0.1) is 0 Å². The van der Waals surface area contributed by atoms with Crippen LogP contribution in [0.4, 0.5) is 0 Å². The van der Waals surface area contributed by atoms with E-state index in [1.54, 1.807) is 14.0 Å². The summed E-state index contributed by atoms with van der Waals surface area (Å²) < 4.78 is 25.5. The molecule has 1 unspecified atom stereocenters. The van der Waals surface area contributed by atoms with Crippen LogP contribution >= 0.6 is 0 Å². The van der Waals surface area contributed by atoms with E-state index in [1.807, 2.05) is 26.8 Å². The van der Waals surface area contributed by atoms with Crippen molar-refractivity contribution in [2.45, 2.75) is 51.9 Å². The fourth-order valence-corrected chi connectivity index (χ4v) is 6.23. The molecule has 25 heavy (non-hydrogen) atoms. The van der Waals surface area contributed by atoms with E-state index in [9.17, 15) is 13.2 Å². The van der Waals surface area contributed by atoms with Crippen molar-refractivity contribution < 1.29 is 13.2 Å². The van der Waals surface area contributed by atoms with Crippen molar-refractivity contribution >= 4 is 27.0 Å². The Morgan fingerprint density at radius 2 is 1.92 bits per heavy atom. The molecule has 1 amide bonds. The number of benzene rings is 1. The Balaban J connectivity index is 2.33. The zero-order chi connectivity index (χ0) is 18.7. The Labute approximate surface area is 149 Å². The molecule has 6 heteroatoms. The average Bonchev–Trinajstić information content (AvgIpc) is 2.77. The smallest absolute Gasteiger partial charge is 0.267 e. The van der Waals surface area contributed by atoms with Crippen molar-refractivity contribution in [3.63, 3.8) is 0 Å². The molecule has 134 valence electrons. The SMILES string of the molecule is CC1=NN(C)C(=O)C1=C(C)c1cc(C)c2c(c1C)S(=O)(=O)CCC2C. The van der Waals surface area contributed by atoms with Gasteiger partial charge in [0.05, 0.1) is 21.9 Å². The molecule has 0 fully saturated rings. The highest BCUT2D eigenvalue weighted by Gasteiger charge is 2.34. The number of likely N-dealkylation sites (N-methyl/N-ethyl adjacent to an activating group) is 1. The van der Waals surface area contributed by atoms with Crippen molar-refractivity contribution in [1.29, 1.82) is 0 Å². The van der Waals surface area contributed by atoms with Crippen LogP contribution in [0.2, 0.25) is 0 Å². The topological polar surface area (TPSA) is 66.8 Å². The van der Waals surface area contributed by atoms with Gasteiger partial charge in [-0.05, 0) is 67.9 Å². The van der Waals surface area contributed by atoms with Gasteiger partial charge in [0, 0.05) is 7.05 Å². The lowest BCUT2D eigenvalue weighted by atomic mass is 9.86. The number of fused-ring (bicyclic) bond motifs is 1. The molecule has 2 aliphatic heterocycles. The molecule has 5 nitrogen and oxygen atoms in total. The van der Waals surface area contributed by atoms with Crippen LogP contribution in [0, 0.1) is 13.8 Å². The quantitative estimate of drug-likeness (QED) is 0.722. The lowest BCUT2D eigenvalue weighted by Gasteiger charge is -2.28. The predicted octanol–water partition coefficient (Wildman–Crippen LogP) is 3.21. The Hall–Kier alpha value is -1.95. The number of hydrogen-bond donors (Lipinski definition) is 0. The van der Waals surface area contributed by atoms with Gasteiger partial charge in [0.25, 0.3) is 5.91 Å². The van der Waals surface area contributed by atoms with E-state index >= 15 is 0 Å². The van der Waals surface area contributed by atoms with Crippen LogP contribution in [0.25, 0.3) is 5.57 Å². The first-order valence-electron chi connectivity index (χ1n) is 8.48. The number of amides is 1. The highest BCUT2D eigenvalue weighted by molar-refractivity contribution is 7.91. The molecule has 2 aliphatic rings. The molecule has 0 saturated carbocycles. The second kappa shape index (κ2) is 5.80. The number of allylic oxidation sites excluding steroid dienone is 1. The molecule has 0 bridgehead atoms. The van der Waals surface area contributed by atoms with Crippen LogP contribution in [0.5, 0.6) is 0 Å². The number of nitrogens with zero attached hydrogens (tertiary/aromatic N) is 2. The summed E-state index contributed by atoms with van der Waals surface area (Å²) in [5.41, 5.74) is 5.48. The fraction of sp³-hybridized carbons (Fsp3) is 0.474. The van der Waals surface area contributed by atoms with Gasteiger partial charge >= 0.3 is 0 Å². The fourth-order valence-electron chi connectivity index (χ4n) is 4.09. The lowest BCUT2D eigenvalue weighted by molar-refractivity contribution is -0.124. The number of carbonyl (C=O) groups is 1. The van der Waals surface area contributed by atoms with Gasteiger partial charge in [0.2, 0.25) is 0 Å². The number of hydrogen-bond acceptors (Lipinski definition) is 4. The van der Waals surface area contributed by atoms with E-state index in [0.717, 1.165) is 27.8 Å². The second-order valence-electron chi connectivity index (χ2n) is 7.13. The highest BCUT2D eigenvalue weighted by atomic mass is 32.2. The third kappa shape index (κ3) is 2.63. The largest absolute Gasteiger partial charge is 0.275 e. The van der Waals surface area contributed by atoms with E-state index in [2.05, 4.69) is 12.0 Å². The van der Waals surface area contributed by atoms with Crippen LogP contribution in [-0.4, -0.2) is 37.8 Å². The molecular weight excluding hydrogens is 336 g/mol. The van der Waals surface area contributed by atoms with E-state index in [1.165, 1.54) is 5.01 Å². The minimum atomic E-state index is -3.29. The maximum absolute atomic E-state index is 12.8. The van der Waals surface area contributed by atoms with Gasteiger partial charge in [-0.3, -0.25) is 4.79 Å². The number of sulfone groups is 1. The Bertz CT molecular complexity index is 955. The zero-order valence-corrected chi connectivity index (χ0v) is 16.4. The van der Waals surface area contributed by atoms with Gasteiger partial charge in [-0.25, -0.2) is 13.4 Å². The Morgan fingerprint density at radius 1 is 1.28 bits per heavy atom. The highest BCUT2D eigenvalue weighted by Crippen LogP contribution is 2.41. The summed E-state index contributed by atoms with van der Waals surface area (Å²) in [5, 5.41) is 5.53. The van der Waals surface area contributed by atoms with Gasteiger partial charge in [0.1, 0.15) is 0 Å². The molecule has 0 aromatic heterocycles. The maximum Gasteiger partial charge on any atom is 0.275 e. The molecule has 1 aromatic rings. The van der Waals surface area contributed by atoms with Crippen molar-refractivity contribution in [3.8, 4) is 0 Å². The van der Waals surface area contributed by atoms with Crippen LogP contribution in [0.1, 0.15) is 55.4 Å². The normalized spacial score (nSPS) is 24.2. The van der Waals surface area contributed by atoms with Crippen LogP contribution in [0.3, 0.4) is 0 Å². The van der Waals surface area contributed by atoms with Gasteiger partial charge in [-0.1, -0.05) is 13.0 Å². The molecule has 1 aromatic carbocycles. The van der Waals surface area contributed by atoms with Crippen molar-refractivity contribution in [1.82, 2.24) is 5.01 Å². The van der Waals surface area contributed by atoms with Crippen LogP contribution in [-0.2, 0) is 14.6 Å². The summed E-state index contributed by atoms with van der Waals surface area (Å²) in [5.74, 6) is 0.255. The number of carbonyl (C=O) groups excluding carboxylic acids is 1. The van der Waals surface area contributed by atoms with E-state index in [0.29, 0.717) is 22.6 Å². The van der Waals surface area contributed by atoms with E-state index in [-0.39, 0.29) is 17.6 Å². The Kier molecular flexibility index (Phi) is 4.14. The minimum Gasteiger partial charge on any atom is -0.267 e. The first kappa shape index (κ1) is 17.9. The molecule has 0 N–H and O–H groups in total. The van der Waals surface area contributed by atoms with Gasteiger partial charge in [0.15, 0.2) is 9.84 Å². The zero-order valence-electron chi connectivity index (χ0n) is 15.6. The number of aryl methyl sites for hydroxylation is 1. The summed E-state index contributed by atoms with van der Waals surface area (Å²) in [6.45, 7) is 9.57. The van der Waals surface area contributed by atoms with E-state index in [4.69, 9.17) is 0 Å². The summed E-state index contributed by atoms with van der Waals surface area (Å²) in [6.07, 6.45) is 0.657. The van der Waals surface area contributed by atoms with Gasteiger partial charge < -0.3 is 0 Å². The monoisotopic (exact) mass is 360 g/mol. The molecular formula is C19H24N2O3S. The second-order valence-corrected chi connectivity index (χ2v) is 9.18. The first-order valence-corrected chi connectivity index (χ1v) is 10.1. The van der Waals surface area contributed by atoms with Crippen molar-refractivity contribution in [2.24, 2.45) is 5.10 Å². The third-order valence-corrected chi connectivity index (χ3v) is 7.27. The van der Waals surface area contributed by atoms with Crippen molar-refractivity contribution in [2.75, 3.05) is 12.8 Å². The van der Waals surface area contributed by atoms with Crippen LogP contribution < -0.4 is 0 Å². The molecule has 2 heterocycles. The predicted molar refractivity (Wildman–Crippen MR) is 99.5 cm³/mol. The molecule has 0 radical (unpaired) electrons. The standard InChI is InChI=1S/C19H24N2O3S/c1-10-7-8-25(23,24)18-13(4)15(9-11(2)16(10)18)12(3)17-14(5)20-21(6)19(17)22/h9-10H,7-8H2,1-6H3. The summed E-state index contributed by atoms with van der Waals surface area (Å²) >= 11 is 0. The molecule has 3 rings (SSSR count). The third-order valence-electron chi connectivity index (χ3n) is 5.35. The van der Waals surface area contributed by atoms with Crippen molar-refractivity contribution in [3.05, 3.63) is 33.9 Å². The van der Waals surface area contributed by atoms with Crippen LogP contribution in [0.15, 0.2) is 21.6 Å². The molecule has 0 spiro atoms. The summed E-state index contributed by atoms with van der Waals surface area (Å²) in [4.78, 5) is 12.9.